The zero-order valence-electron chi connectivity index (χ0n) is 16.2. The minimum absolute atomic E-state index is 0.00987. The van der Waals surface area contributed by atoms with Crippen molar-refractivity contribution in [1.82, 2.24) is 20.4 Å². The monoisotopic (exact) mass is 449 g/mol. The molecule has 2 heterocycles. The van der Waals surface area contributed by atoms with E-state index in [0.717, 1.165) is 12.1 Å². The highest BCUT2D eigenvalue weighted by molar-refractivity contribution is 9.10. The number of halogens is 1. The SMILES string of the molecule is CCC1C(=O)NC(n2nc(C)cc2NC(=O)c2cc(OC)ccc2Br)NC1C. The van der Waals surface area contributed by atoms with Crippen molar-refractivity contribution in [2.24, 2.45) is 5.92 Å². The Bertz CT molecular complexity index is 898. The van der Waals surface area contributed by atoms with Crippen LogP contribution in [0.1, 0.15) is 42.6 Å². The molecule has 3 rings (SSSR count). The van der Waals surface area contributed by atoms with Crippen LogP contribution in [0.5, 0.6) is 5.75 Å². The van der Waals surface area contributed by atoms with Gasteiger partial charge in [0.25, 0.3) is 5.91 Å². The normalized spacial score (nSPS) is 21.9. The lowest BCUT2D eigenvalue weighted by atomic mass is 9.95. The number of carbonyl (C=O) groups is 2. The number of nitrogens with one attached hydrogen (secondary N) is 3. The number of amides is 2. The maximum atomic E-state index is 12.8. The number of methoxy groups -OCH3 is 1. The van der Waals surface area contributed by atoms with Crippen LogP contribution in [0.2, 0.25) is 0 Å². The lowest BCUT2D eigenvalue weighted by molar-refractivity contribution is -0.130. The average Bonchev–Trinajstić information content (AvgIpc) is 3.02. The molecule has 3 atom stereocenters. The molecule has 3 N–H and O–H groups in total. The number of nitrogens with zero attached hydrogens (tertiary/aromatic N) is 2. The van der Waals surface area contributed by atoms with Gasteiger partial charge >= 0.3 is 0 Å². The summed E-state index contributed by atoms with van der Waals surface area (Å²) in [6, 6.07) is 6.93. The number of aromatic nitrogens is 2. The first-order valence-electron chi connectivity index (χ1n) is 9.11. The van der Waals surface area contributed by atoms with E-state index in [1.54, 1.807) is 36.1 Å². The fraction of sp³-hybridized carbons (Fsp3) is 0.421. The number of hydrogen-bond donors (Lipinski definition) is 3. The zero-order valence-corrected chi connectivity index (χ0v) is 17.8. The van der Waals surface area contributed by atoms with Gasteiger partial charge in [0.2, 0.25) is 5.91 Å². The molecule has 0 radical (unpaired) electrons. The highest BCUT2D eigenvalue weighted by Crippen LogP contribution is 2.25. The van der Waals surface area contributed by atoms with Gasteiger partial charge in [-0.15, -0.1) is 0 Å². The molecule has 1 aliphatic heterocycles. The van der Waals surface area contributed by atoms with E-state index in [1.165, 1.54) is 0 Å². The summed E-state index contributed by atoms with van der Waals surface area (Å²) in [7, 11) is 1.55. The van der Waals surface area contributed by atoms with Crippen molar-refractivity contribution in [3.63, 3.8) is 0 Å². The van der Waals surface area contributed by atoms with Crippen molar-refractivity contribution in [3.05, 3.63) is 40.0 Å². The van der Waals surface area contributed by atoms with Crippen LogP contribution in [0.4, 0.5) is 5.82 Å². The highest BCUT2D eigenvalue weighted by atomic mass is 79.9. The molecule has 1 aromatic carbocycles. The van der Waals surface area contributed by atoms with E-state index in [2.05, 4.69) is 37.0 Å². The second kappa shape index (κ2) is 8.32. The first-order valence-corrected chi connectivity index (χ1v) is 9.90. The lowest BCUT2D eigenvalue weighted by Gasteiger charge is -2.35. The minimum Gasteiger partial charge on any atom is -0.497 e. The Labute approximate surface area is 172 Å². The van der Waals surface area contributed by atoms with Crippen LogP contribution in [0.3, 0.4) is 0 Å². The van der Waals surface area contributed by atoms with Gasteiger partial charge in [-0.25, -0.2) is 4.68 Å². The molecule has 0 bridgehead atoms. The van der Waals surface area contributed by atoms with Gasteiger partial charge < -0.3 is 15.4 Å². The molecule has 1 aliphatic rings. The molecule has 28 heavy (non-hydrogen) atoms. The van der Waals surface area contributed by atoms with E-state index < -0.39 is 6.29 Å². The Morgan fingerprint density at radius 1 is 1.39 bits per heavy atom. The molecule has 1 fully saturated rings. The number of anilines is 1. The van der Waals surface area contributed by atoms with Crippen molar-refractivity contribution in [2.75, 3.05) is 12.4 Å². The number of aryl methyl sites for hydroxylation is 1. The maximum Gasteiger partial charge on any atom is 0.258 e. The van der Waals surface area contributed by atoms with Crippen molar-refractivity contribution in [2.45, 2.75) is 39.5 Å². The molecular formula is C19H24BrN5O3. The van der Waals surface area contributed by atoms with E-state index in [1.807, 2.05) is 20.8 Å². The number of benzene rings is 1. The van der Waals surface area contributed by atoms with Crippen LogP contribution in [-0.2, 0) is 4.79 Å². The number of ether oxygens (including phenoxy) is 1. The summed E-state index contributed by atoms with van der Waals surface area (Å²) in [5, 5.41) is 13.6. The smallest absolute Gasteiger partial charge is 0.258 e. The van der Waals surface area contributed by atoms with Gasteiger partial charge in [0.1, 0.15) is 11.6 Å². The molecule has 2 aromatic rings. The van der Waals surface area contributed by atoms with E-state index >= 15 is 0 Å². The average molecular weight is 450 g/mol. The Balaban J connectivity index is 1.85. The van der Waals surface area contributed by atoms with Crippen LogP contribution in [-0.4, -0.2) is 34.7 Å². The quantitative estimate of drug-likeness (QED) is 0.651. The van der Waals surface area contributed by atoms with Crippen LogP contribution in [0, 0.1) is 12.8 Å². The Morgan fingerprint density at radius 2 is 2.14 bits per heavy atom. The predicted molar refractivity (Wildman–Crippen MR) is 109 cm³/mol. The van der Waals surface area contributed by atoms with Gasteiger partial charge in [-0.1, -0.05) is 6.92 Å². The van der Waals surface area contributed by atoms with Crippen LogP contribution >= 0.6 is 15.9 Å². The van der Waals surface area contributed by atoms with Gasteiger partial charge in [0, 0.05) is 16.6 Å². The molecule has 0 aliphatic carbocycles. The second-order valence-corrected chi connectivity index (χ2v) is 7.65. The summed E-state index contributed by atoms with van der Waals surface area (Å²) in [5.74, 6) is 0.628. The third-order valence-electron chi connectivity index (χ3n) is 4.84. The number of carbonyl (C=O) groups excluding carboxylic acids is 2. The van der Waals surface area contributed by atoms with E-state index in [-0.39, 0.29) is 23.8 Å². The van der Waals surface area contributed by atoms with Crippen molar-refractivity contribution in [1.29, 1.82) is 0 Å². The van der Waals surface area contributed by atoms with E-state index in [0.29, 0.717) is 21.6 Å². The fourth-order valence-electron chi connectivity index (χ4n) is 3.34. The summed E-state index contributed by atoms with van der Waals surface area (Å²) in [5.41, 5.74) is 1.16. The van der Waals surface area contributed by atoms with Crippen molar-refractivity contribution in [3.8, 4) is 5.75 Å². The topological polar surface area (TPSA) is 97.3 Å². The highest BCUT2D eigenvalue weighted by Gasteiger charge is 2.34. The first kappa shape index (κ1) is 20.3. The van der Waals surface area contributed by atoms with Gasteiger partial charge in [-0.2, -0.15) is 5.10 Å². The summed E-state index contributed by atoms with van der Waals surface area (Å²) in [4.78, 5) is 25.2. The standard InChI is InChI=1S/C19H24BrN5O3/c1-5-13-11(3)21-19(23-17(13)26)25-16(8-10(2)24-25)22-18(27)14-9-12(28-4)6-7-15(14)20/h6-9,11,13,19,21H,5H2,1-4H3,(H,22,27)(H,23,26). The van der Waals surface area contributed by atoms with Gasteiger partial charge in [0.05, 0.1) is 24.3 Å². The Hall–Kier alpha value is -2.39. The van der Waals surface area contributed by atoms with Gasteiger partial charge in [-0.3, -0.25) is 14.9 Å². The molecule has 9 heteroatoms. The van der Waals surface area contributed by atoms with Crippen LogP contribution in [0.15, 0.2) is 28.7 Å². The molecule has 8 nitrogen and oxygen atoms in total. The molecule has 1 aromatic heterocycles. The third-order valence-corrected chi connectivity index (χ3v) is 5.53. The Morgan fingerprint density at radius 3 is 2.79 bits per heavy atom. The molecule has 2 amide bonds. The second-order valence-electron chi connectivity index (χ2n) is 6.80. The lowest BCUT2D eigenvalue weighted by Crippen LogP contribution is -2.57. The maximum absolute atomic E-state index is 12.8. The first-order chi connectivity index (χ1) is 13.3. The molecular weight excluding hydrogens is 426 g/mol. The van der Waals surface area contributed by atoms with Gasteiger partial charge in [-0.05, 0) is 54.4 Å². The third kappa shape index (κ3) is 4.05. The van der Waals surface area contributed by atoms with E-state index in [9.17, 15) is 9.59 Å². The zero-order chi connectivity index (χ0) is 20.4. The predicted octanol–water partition coefficient (Wildman–Crippen LogP) is 2.81. The number of rotatable bonds is 5. The molecule has 1 saturated heterocycles. The summed E-state index contributed by atoms with van der Waals surface area (Å²) in [6.45, 7) is 5.79. The van der Waals surface area contributed by atoms with Gasteiger partial charge in [0.15, 0.2) is 6.29 Å². The molecule has 0 saturated carbocycles. The molecule has 150 valence electrons. The Kier molecular flexibility index (Phi) is 6.04. The van der Waals surface area contributed by atoms with Crippen molar-refractivity contribution >= 4 is 33.6 Å². The van der Waals surface area contributed by atoms with Crippen LogP contribution in [0.25, 0.3) is 0 Å². The molecule has 3 unspecified atom stereocenters. The summed E-state index contributed by atoms with van der Waals surface area (Å²) < 4.78 is 7.44. The van der Waals surface area contributed by atoms with E-state index in [4.69, 9.17) is 4.74 Å². The fourth-order valence-corrected chi connectivity index (χ4v) is 3.77. The largest absolute Gasteiger partial charge is 0.497 e. The summed E-state index contributed by atoms with van der Waals surface area (Å²) in [6.07, 6.45) is 0.209. The molecule has 0 spiro atoms. The van der Waals surface area contributed by atoms with Crippen LogP contribution < -0.4 is 20.7 Å². The van der Waals surface area contributed by atoms with Crippen molar-refractivity contribution < 1.29 is 14.3 Å². The minimum atomic E-state index is -0.539. The number of hydrogen-bond acceptors (Lipinski definition) is 5. The summed E-state index contributed by atoms with van der Waals surface area (Å²) >= 11 is 3.40.